The molecule has 9 heteroatoms. The molecule has 0 saturated heterocycles. The zero-order valence-corrected chi connectivity index (χ0v) is 22.0. The van der Waals surface area contributed by atoms with E-state index in [4.69, 9.17) is 12.2 Å². The highest BCUT2D eigenvalue weighted by Gasteiger charge is 2.22. The fourth-order valence-electron chi connectivity index (χ4n) is 4.21. The highest BCUT2D eigenvalue weighted by atomic mass is 32.1. The topological polar surface area (TPSA) is 93.8 Å². The molecule has 2 aromatic heterocycles. The summed E-state index contributed by atoms with van der Waals surface area (Å²) in [7, 11) is 3.82. The molecule has 0 saturated carbocycles. The van der Waals surface area contributed by atoms with E-state index in [0.29, 0.717) is 18.8 Å². The van der Waals surface area contributed by atoms with E-state index in [9.17, 15) is 4.79 Å². The molecule has 0 amide bonds. The lowest BCUT2D eigenvalue weighted by molar-refractivity contribution is -0.409. The van der Waals surface area contributed by atoms with Gasteiger partial charge in [-0.3, -0.25) is 0 Å². The summed E-state index contributed by atoms with van der Waals surface area (Å²) in [5.41, 5.74) is 5.66. The second-order valence-electron chi connectivity index (χ2n) is 9.11. The number of nitrogens with one attached hydrogen (secondary N) is 2. The minimum atomic E-state index is 0.0214. The number of likely N-dealkylation sites (N-methyl/N-ethyl adjacent to an activating group) is 1. The maximum atomic E-state index is 13.6. The SMILES string of the molecule is CCCCc1[nH+]c(C)c(CC(=S)N(C)C)c(=O)n1Cc1ccc(-c2ccccc2-c2nn[nH]n2)cc1. The van der Waals surface area contributed by atoms with Crippen LogP contribution in [-0.4, -0.2) is 49.2 Å². The largest absolute Gasteiger partial charge is 0.372 e. The van der Waals surface area contributed by atoms with Gasteiger partial charge in [0.2, 0.25) is 5.82 Å². The Balaban J connectivity index is 1.67. The fourth-order valence-corrected chi connectivity index (χ4v) is 4.35. The second-order valence-corrected chi connectivity index (χ2v) is 9.58. The molecule has 2 heterocycles. The van der Waals surface area contributed by atoms with Gasteiger partial charge in [-0.2, -0.15) is 9.78 Å². The number of benzene rings is 2. The van der Waals surface area contributed by atoms with Crippen LogP contribution in [0.25, 0.3) is 22.5 Å². The number of hydrogen-bond donors (Lipinski definition) is 1. The molecule has 0 radical (unpaired) electrons. The van der Waals surface area contributed by atoms with Gasteiger partial charge in [0, 0.05) is 32.5 Å². The van der Waals surface area contributed by atoms with Gasteiger partial charge in [-0.1, -0.05) is 74.1 Å². The molecule has 0 bridgehead atoms. The molecule has 2 N–H and O–H groups in total. The van der Waals surface area contributed by atoms with Crippen LogP contribution in [0.1, 0.15) is 42.4 Å². The number of nitrogens with zero attached hydrogens (tertiary/aromatic N) is 5. The minimum Gasteiger partial charge on any atom is -0.372 e. The van der Waals surface area contributed by atoms with Gasteiger partial charge in [0.05, 0.1) is 10.6 Å². The number of aryl methyl sites for hydroxylation is 2. The highest BCUT2D eigenvalue weighted by molar-refractivity contribution is 7.80. The zero-order valence-electron chi connectivity index (χ0n) is 21.2. The number of tetrazole rings is 1. The Hall–Kier alpha value is -3.72. The van der Waals surface area contributed by atoms with Crippen LogP contribution in [0.3, 0.4) is 0 Å². The van der Waals surface area contributed by atoms with Crippen LogP contribution in [0.15, 0.2) is 53.3 Å². The van der Waals surface area contributed by atoms with E-state index in [0.717, 1.165) is 63.6 Å². The van der Waals surface area contributed by atoms with Crippen molar-refractivity contribution in [1.29, 1.82) is 0 Å². The number of aromatic nitrogens is 6. The van der Waals surface area contributed by atoms with Crippen molar-refractivity contribution >= 4 is 17.2 Å². The van der Waals surface area contributed by atoms with Gasteiger partial charge in [-0.05, 0) is 35.2 Å². The van der Waals surface area contributed by atoms with Crippen molar-refractivity contribution in [1.82, 2.24) is 30.1 Å². The number of thiocarbonyl (C=S) groups is 1. The Labute approximate surface area is 216 Å². The number of unbranched alkanes of at least 4 members (excludes halogenated alkanes) is 1. The summed E-state index contributed by atoms with van der Waals surface area (Å²) in [6, 6.07) is 16.3. The summed E-state index contributed by atoms with van der Waals surface area (Å²) in [6.07, 6.45) is 3.34. The van der Waals surface area contributed by atoms with E-state index in [1.165, 1.54) is 0 Å². The van der Waals surface area contributed by atoms with Gasteiger partial charge in [0.25, 0.3) is 5.82 Å². The minimum absolute atomic E-state index is 0.0214. The van der Waals surface area contributed by atoms with Gasteiger partial charge in [0.1, 0.15) is 12.2 Å². The third kappa shape index (κ3) is 5.57. The maximum Gasteiger partial charge on any atom is 0.341 e. The Morgan fingerprint density at radius 3 is 2.47 bits per heavy atom. The Morgan fingerprint density at radius 1 is 1.11 bits per heavy atom. The van der Waals surface area contributed by atoms with Crippen LogP contribution < -0.4 is 10.5 Å². The summed E-state index contributed by atoms with van der Waals surface area (Å²) in [6.45, 7) is 4.61. The van der Waals surface area contributed by atoms with Gasteiger partial charge in [-0.25, -0.2) is 9.78 Å². The van der Waals surface area contributed by atoms with E-state index in [-0.39, 0.29) is 5.56 Å². The van der Waals surface area contributed by atoms with Crippen LogP contribution in [0.4, 0.5) is 0 Å². The first-order valence-electron chi connectivity index (χ1n) is 12.2. The molecule has 0 spiro atoms. The molecule has 0 atom stereocenters. The predicted molar refractivity (Wildman–Crippen MR) is 145 cm³/mol. The molecule has 0 aliphatic carbocycles. The molecule has 4 rings (SSSR count). The number of rotatable bonds is 9. The third-order valence-corrected chi connectivity index (χ3v) is 6.84. The molecule has 0 unspecified atom stereocenters. The van der Waals surface area contributed by atoms with Crippen LogP contribution in [-0.2, 0) is 19.4 Å². The number of H-pyrrole nitrogens is 2. The van der Waals surface area contributed by atoms with E-state index in [1.807, 2.05) is 54.8 Å². The molecule has 36 heavy (non-hydrogen) atoms. The highest BCUT2D eigenvalue weighted by Crippen LogP contribution is 2.29. The standard InChI is InChI=1S/C27H31N7OS/c1-5-6-11-24-28-18(2)23(16-25(36)33(3)4)27(35)34(24)17-19-12-14-20(15-13-19)21-9-7-8-10-22(21)26-29-31-32-30-26/h7-10,12-15H,5-6,11,16-17H2,1-4H3,(H,29,30,31,32)/p+1. The molecule has 0 fully saturated rings. The van der Waals surface area contributed by atoms with Crippen molar-refractivity contribution in [3.63, 3.8) is 0 Å². The lowest BCUT2D eigenvalue weighted by atomic mass is 9.98. The summed E-state index contributed by atoms with van der Waals surface area (Å²) >= 11 is 5.50. The molecular formula is C27H32N7OS+. The first-order chi connectivity index (χ1) is 17.4. The van der Waals surface area contributed by atoms with Gasteiger partial charge in [0.15, 0.2) is 0 Å². The first-order valence-corrected chi connectivity index (χ1v) is 12.6. The maximum absolute atomic E-state index is 13.6. The Bertz CT molecular complexity index is 1390. The van der Waals surface area contributed by atoms with Crippen LogP contribution >= 0.6 is 12.2 Å². The van der Waals surface area contributed by atoms with Gasteiger partial charge >= 0.3 is 5.56 Å². The van der Waals surface area contributed by atoms with Crippen LogP contribution in [0, 0.1) is 6.92 Å². The first kappa shape index (κ1) is 25.4. The van der Waals surface area contributed by atoms with Crippen LogP contribution in [0.2, 0.25) is 0 Å². The fraction of sp³-hybridized carbons (Fsp3) is 0.333. The molecule has 2 aromatic carbocycles. The Morgan fingerprint density at radius 2 is 1.83 bits per heavy atom. The monoisotopic (exact) mass is 502 g/mol. The van der Waals surface area contributed by atoms with E-state index >= 15 is 0 Å². The molecular weight excluding hydrogens is 470 g/mol. The van der Waals surface area contributed by atoms with E-state index < -0.39 is 0 Å². The molecule has 8 nitrogen and oxygen atoms in total. The normalized spacial score (nSPS) is 11.0. The van der Waals surface area contributed by atoms with Crippen LogP contribution in [0.5, 0.6) is 0 Å². The lowest BCUT2D eigenvalue weighted by Gasteiger charge is -2.15. The van der Waals surface area contributed by atoms with Crippen molar-refractivity contribution in [3.8, 4) is 22.5 Å². The van der Waals surface area contributed by atoms with Crippen molar-refractivity contribution in [2.75, 3.05) is 14.1 Å². The molecule has 4 aromatic rings. The Kier molecular flexibility index (Phi) is 8.00. The quantitative estimate of drug-likeness (QED) is 0.351. The summed E-state index contributed by atoms with van der Waals surface area (Å²) in [5.74, 6) is 1.51. The van der Waals surface area contributed by atoms with E-state index in [2.05, 4.69) is 56.8 Å². The number of aromatic amines is 2. The molecule has 0 aliphatic heterocycles. The summed E-state index contributed by atoms with van der Waals surface area (Å²) in [4.78, 5) is 19.8. The molecule has 0 aliphatic rings. The van der Waals surface area contributed by atoms with Gasteiger partial charge in [-0.15, -0.1) is 10.2 Å². The van der Waals surface area contributed by atoms with Crippen molar-refractivity contribution in [2.24, 2.45) is 0 Å². The average Bonchev–Trinajstić information content (AvgIpc) is 3.42. The third-order valence-electron chi connectivity index (χ3n) is 6.33. The zero-order chi connectivity index (χ0) is 25.7. The lowest BCUT2D eigenvalue weighted by Crippen LogP contribution is -2.39. The smallest absolute Gasteiger partial charge is 0.341 e. The predicted octanol–water partition coefficient (Wildman–Crippen LogP) is 3.64. The molecule has 186 valence electrons. The van der Waals surface area contributed by atoms with Crippen molar-refractivity contribution in [3.05, 3.63) is 81.5 Å². The summed E-state index contributed by atoms with van der Waals surface area (Å²) < 4.78 is 1.87. The van der Waals surface area contributed by atoms with Gasteiger partial charge < -0.3 is 4.90 Å². The van der Waals surface area contributed by atoms with Crippen molar-refractivity contribution < 1.29 is 4.98 Å². The average molecular weight is 503 g/mol. The van der Waals surface area contributed by atoms with Crippen molar-refractivity contribution in [2.45, 2.75) is 46.1 Å². The van der Waals surface area contributed by atoms with E-state index in [1.54, 1.807) is 0 Å². The second kappa shape index (κ2) is 11.3. The number of hydrogen-bond acceptors (Lipinski definition) is 5. The summed E-state index contributed by atoms with van der Waals surface area (Å²) in [5, 5.41) is 14.5.